The summed E-state index contributed by atoms with van der Waals surface area (Å²) >= 11 is 0. The highest BCUT2D eigenvalue weighted by atomic mass is 15.0. The van der Waals surface area contributed by atoms with E-state index >= 15 is 0 Å². The molecule has 0 aliphatic heterocycles. The molecule has 1 aliphatic rings. The Labute approximate surface area is 108 Å². The van der Waals surface area contributed by atoms with Gasteiger partial charge in [-0.15, -0.1) is 0 Å². The van der Waals surface area contributed by atoms with Crippen molar-refractivity contribution >= 4 is 11.5 Å². The van der Waals surface area contributed by atoms with Crippen LogP contribution in [0.1, 0.15) is 44.6 Å². The van der Waals surface area contributed by atoms with Gasteiger partial charge >= 0.3 is 0 Å². The number of nitrogens with two attached hydrogens (primary N) is 1. The fourth-order valence-electron chi connectivity index (χ4n) is 2.49. The zero-order chi connectivity index (χ0) is 13.0. The van der Waals surface area contributed by atoms with E-state index in [-0.39, 0.29) is 0 Å². The number of nitrogens with zero attached hydrogens (tertiary/aromatic N) is 2. The maximum atomic E-state index is 8.77. The molecule has 1 fully saturated rings. The van der Waals surface area contributed by atoms with Gasteiger partial charge in [-0.2, -0.15) is 5.26 Å². The zero-order valence-electron chi connectivity index (χ0n) is 10.8. The van der Waals surface area contributed by atoms with Crippen LogP contribution in [-0.2, 0) is 0 Å². The van der Waals surface area contributed by atoms with Crippen molar-refractivity contribution in [1.82, 2.24) is 4.98 Å². The second-order valence-electron chi connectivity index (χ2n) is 5.23. The van der Waals surface area contributed by atoms with Crippen molar-refractivity contribution < 1.29 is 0 Å². The van der Waals surface area contributed by atoms with Gasteiger partial charge in [0.1, 0.15) is 11.9 Å². The molecule has 4 nitrogen and oxygen atoms in total. The maximum absolute atomic E-state index is 8.77. The molecular weight excluding hydrogens is 224 g/mol. The fourth-order valence-corrected chi connectivity index (χ4v) is 2.49. The molecule has 0 amide bonds. The molecule has 2 unspecified atom stereocenters. The normalized spacial score (nSPS) is 24.0. The molecular formula is C14H20N4. The van der Waals surface area contributed by atoms with Crippen molar-refractivity contribution in [2.45, 2.75) is 45.1 Å². The van der Waals surface area contributed by atoms with Crippen LogP contribution >= 0.6 is 0 Å². The summed E-state index contributed by atoms with van der Waals surface area (Å²) in [5, 5.41) is 12.2. The standard InChI is InChI=1S/C14H20N4/c1-10-3-2-4-12(6-5-10)18-14-13(16)7-11(8-15)9-17-14/h7,9-10,12H,2-6,16H2,1H3,(H,17,18). The van der Waals surface area contributed by atoms with E-state index in [2.05, 4.69) is 17.2 Å². The van der Waals surface area contributed by atoms with Crippen molar-refractivity contribution in [2.24, 2.45) is 5.92 Å². The van der Waals surface area contributed by atoms with Gasteiger partial charge in [-0.1, -0.05) is 19.8 Å². The van der Waals surface area contributed by atoms with Crippen molar-refractivity contribution in [2.75, 3.05) is 11.1 Å². The Morgan fingerprint density at radius 2 is 2.22 bits per heavy atom. The third-order valence-corrected chi connectivity index (χ3v) is 3.64. The molecule has 3 N–H and O–H groups in total. The molecule has 0 aromatic carbocycles. The highest BCUT2D eigenvalue weighted by Gasteiger charge is 2.17. The number of rotatable bonds is 2. The molecule has 18 heavy (non-hydrogen) atoms. The number of hydrogen-bond acceptors (Lipinski definition) is 4. The van der Waals surface area contributed by atoms with Crippen molar-refractivity contribution in [3.05, 3.63) is 17.8 Å². The average molecular weight is 244 g/mol. The van der Waals surface area contributed by atoms with E-state index in [1.165, 1.54) is 32.1 Å². The Morgan fingerprint density at radius 1 is 1.39 bits per heavy atom. The number of hydrogen-bond donors (Lipinski definition) is 2. The molecule has 4 heteroatoms. The molecule has 1 saturated carbocycles. The van der Waals surface area contributed by atoms with Gasteiger partial charge in [0.25, 0.3) is 0 Å². The minimum atomic E-state index is 0.456. The van der Waals surface area contributed by atoms with Gasteiger partial charge in [0.2, 0.25) is 0 Å². The number of nitriles is 1. The van der Waals surface area contributed by atoms with Crippen LogP contribution in [0.25, 0.3) is 0 Å². The Bertz CT molecular complexity index is 450. The minimum absolute atomic E-state index is 0.456. The quantitative estimate of drug-likeness (QED) is 0.784. The predicted octanol–water partition coefficient (Wildman–Crippen LogP) is 2.92. The number of nitrogens with one attached hydrogen (secondary N) is 1. The van der Waals surface area contributed by atoms with E-state index in [0.29, 0.717) is 23.1 Å². The topological polar surface area (TPSA) is 74.7 Å². The smallest absolute Gasteiger partial charge is 0.149 e. The lowest BCUT2D eigenvalue weighted by molar-refractivity contribution is 0.502. The molecule has 0 radical (unpaired) electrons. The first-order valence-corrected chi connectivity index (χ1v) is 6.61. The molecule has 96 valence electrons. The van der Waals surface area contributed by atoms with Crippen LogP contribution in [0.4, 0.5) is 11.5 Å². The number of anilines is 2. The summed E-state index contributed by atoms with van der Waals surface area (Å²) in [6.07, 6.45) is 7.74. The SMILES string of the molecule is CC1CCCC(Nc2ncc(C#N)cc2N)CC1. The lowest BCUT2D eigenvalue weighted by Crippen LogP contribution is -2.20. The van der Waals surface area contributed by atoms with Crippen LogP contribution < -0.4 is 11.1 Å². The third kappa shape index (κ3) is 3.13. The van der Waals surface area contributed by atoms with E-state index in [9.17, 15) is 0 Å². The summed E-state index contributed by atoms with van der Waals surface area (Å²) in [6.45, 7) is 2.32. The number of pyridine rings is 1. The highest BCUT2D eigenvalue weighted by Crippen LogP contribution is 2.26. The fraction of sp³-hybridized carbons (Fsp3) is 0.571. The second-order valence-corrected chi connectivity index (χ2v) is 5.23. The van der Waals surface area contributed by atoms with Crippen LogP contribution in [0.2, 0.25) is 0 Å². The summed E-state index contributed by atoms with van der Waals surface area (Å²) in [4.78, 5) is 4.23. The zero-order valence-corrected chi connectivity index (χ0v) is 10.8. The first-order chi connectivity index (χ1) is 8.69. The van der Waals surface area contributed by atoms with Gasteiger partial charge in [0.05, 0.1) is 11.3 Å². The third-order valence-electron chi connectivity index (χ3n) is 3.64. The van der Waals surface area contributed by atoms with E-state index in [1.807, 2.05) is 6.07 Å². The predicted molar refractivity (Wildman–Crippen MR) is 73.0 cm³/mol. The highest BCUT2D eigenvalue weighted by molar-refractivity contribution is 5.63. The van der Waals surface area contributed by atoms with Crippen molar-refractivity contribution in [1.29, 1.82) is 5.26 Å². The van der Waals surface area contributed by atoms with E-state index < -0.39 is 0 Å². The lowest BCUT2D eigenvalue weighted by atomic mass is 10.0. The van der Waals surface area contributed by atoms with Crippen LogP contribution in [0, 0.1) is 17.2 Å². The Kier molecular flexibility index (Phi) is 4.03. The van der Waals surface area contributed by atoms with Crippen LogP contribution in [0.3, 0.4) is 0 Å². The molecule has 0 bridgehead atoms. The second kappa shape index (κ2) is 5.72. The summed E-state index contributed by atoms with van der Waals surface area (Å²) in [5.41, 5.74) is 6.97. The minimum Gasteiger partial charge on any atom is -0.396 e. The Balaban J connectivity index is 2.03. The maximum Gasteiger partial charge on any atom is 0.149 e. The average Bonchev–Trinajstić information content (AvgIpc) is 2.57. The molecule has 1 heterocycles. The van der Waals surface area contributed by atoms with Crippen LogP contribution in [0.15, 0.2) is 12.3 Å². The molecule has 1 aromatic rings. The molecule has 2 rings (SSSR count). The summed E-state index contributed by atoms with van der Waals surface area (Å²) in [7, 11) is 0. The van der Waals surface area contributed by atoms with Crippen LogP contribution in [0.5, 0.6) is 0 Å². The monoisotopic (exact) mass is 244 g/mol. The largest absolute Gasteiger partial charge is 0.396 e. The summed E-state index contributed by atoms with van der Waals surface area (Å²) < 4.78 is 0. The summed E-state index contributed by atoms with van der Waals surface area (Å²) in [6, 6.07) is 4.18. The molecule has 0 spiro atoms. The molecule has 0 saturated heterocycles. The first kappa shape index (κ1) is 12.7. The van der Waals surface area contributed by atoms with Crippen molar-refractivity contribution in [3.8, 4) is 6.07 Å². The van der Waals surface area contributed by atoms with Gasteiger partial charge in [-0.05, 0) is 31.2 Å². The lowest BCUT2D eigenvalue weighted by Gasteiger charge is -2.18. The van der Waals surface area contributed by atoms with Gasteiger partial charge in [0, 0.05) is 12.2 Å². The summed E-state index contributed by atoms with van der Waals surface area (Å²) in [5.74, 6) is 1.54. The van der Waals surface area contributed by atoms with Gasteiger partial charge in [0.15, 0.2) is 0 Å². The Morgan fingerprint density at radius 3 is 2.94 bits per heavy atom. The Hall–Kier alpha value is -1.76. The van der Waals surface area contributed by atoms with Gasteiger partial charge in [-0.25, -0.2) is 4.98 Å². The van der Waals surface area contributed by atoms with E-state index in [0.717, 1.165) is 5.92 Å². The van der Waals surface area contributed by atoms with Gasteiger partial charge in [-0.3, -0.25) is 0 Å². The van der Waals surface area contributed by atoms with Crippen molar-refractivity contribution in [3.63, 3.8) is 0 Å². The first-order valence-electron chi connectivity index (χ1n) is 6.61. The number of aromatic nitrogens is 1. The molecule has 1 aliphatic carbocycles. The molecule has 1 aromatic heterocycles. The number of nitrogen functional groups attached to an aromatic ring is 1. The van der Waals surface area contributed by atoms with Gasteiger partial charge < -0.3 is 11.1 Å². The van der Waals surface area contributed by atoms with E-state index in [4.69, 9.17) is 11.0 Å². The van der Waals surface area contributed by atoms with E-state index in [1.54, 1.807) is 12.3 Å². The van der Waals surface area contributed by atoms with Crippen LogP contribution in [-0.4, -0.2) is 11.0 Å². The molecule has 2 atom stereocenters.